The Kier molecular flexibility index (Phi) is 10.5. The molecular weight excluding hydrogens is 926 g/mol. The lowest BCUT2D eigenvalue weighted by atomic mass is 9.58. The van der Waals surface area contributed by atoms with Gasteiger partial charge in [-0.05, 0) is 128 Å². The van der Waals surface area contributed by atoms with Gasteiger partial charge < -0.3 is 23.6 Å². The molecule has 375 valence electrons. The van der Waals surface area contributed by atoms with Gasteiger partial charge in [0, 0.05) is 83.5 Å². The van der Waals surface area contributed by atoms with Crippen LogP contribution in [-0.4, -0.2) is 11.8 Å². The highest BCUT2D eigenvalue weighted by molar-refractivity contribution is 6.74. The van der Waals surface area contributed by atoms with Crippen molar-refractivity contribution >= 4 is 112 Å². The topological polar surface area (TPSA) is 46.5 Å². The van der Waals surface area contributed by atoms with Gasteiger partial charge in [-0.3, -0.25) is 0 Å². The first-order valence-electron chi connectivity index (χ1n) is 27.0. The molecule has 6 heteroatoms. The Morgan fingerprint density at radius 3 is 1.59 bits per heavy atom. The molecule has 0 amide bonds. The standard InChI is InChI=1S/C70H65BN3O2/c1-67(2,3)41-21-28-45(29-22-41)72-55-40-60-51(49-17-13-15-19-58(49)75-60)39-52(55)63-64-65-61(62-50-18-14-16-20-59(50)76-66(62)63)53-37-44(70(10,11)12)27-36-56(53)74(65)57-38-48(34-35-54(57)71-64)73(46-30-23-42(24-31-46)68(4,5)6)47-32-25-43(26-33-47)69(7,8)9/h13-40,72H,1-12H3. The Balaban J connectivity index is 1.12. The smallest absolute Gasteiger partial charge is 0.198 e. The van der Waals surface area contributed by atoms with Crippen LogP contribution in [0.2, 0.25) is 0 Å². The van der Waals surface area contributed by atoms with Gasteiger partial charge in [0.2, 0.25) is 0 Å². The fraction of sp³-hybridized carbons (Fsp3) is 0.229. The molecule has 1 aliphatic rings. The number of benzene rings is 9. The van der Waals surface area contributed by atoms with Crippen LogP contribution < -0.4 is 21.1 Å². The maximum absolute atomic E-state index is 7.32. The Bertz CT molecular complexity index is 4240. The number of hydrogen-bond acceptors (Lipinski definition) is 4. The SMILES string of the molecule is CC(C)(C)c1ccc(Nc2cc3oc4ccccc4c3cc2-c2c3c4c(c5cc(C(C)(C)C)ccc5n4-c4cc(N(c5ccc(C(C)(C)C)cc5)c5ccc(C(C)(C)C)cc5)ccc4[B]3)c3c2oc2ccccc23)cc1. The van der Waals surface area contributed by atoms with E-state index in [1.54, 1.807) is 0 Å². The van der Waals surface area contributed by atoms with Crippen LogP contribution in [0.4, 0.5) is 28.4 Å². The number of nitrogens with one attached hydrogen (secondary N) is 1. The normalized spacial score (nSPS) is 13.1. The van der Waals surface area contributed by atoms with Gasteiger partial charge in [-0.1, -0.05) is 173 Å². The molecule has 0 atom stereocenters. The number of fused-ring (bicyclic) bond motifs is 12. The van der Waals surface area contributed by atoms with E-state index < -0.39 is 0 Å². The minimum absolute atomic E-state index is 0.0224. The number of nitrogens with zero attached hydrogens (tertiary/aromatic N) is 2. The minimum atomic E-state index is -0.0830. The molecule has 76 heavy (non-hydrogen) atoms. The van der Waals surface area contributed by atoms with Crippen LogP contribution >= 0.6 is 0 Å². The average molecular weight is 991 g/mol. The first-order valence-corrected chi connectivity index (χ1v) is 27.0. The first-order chi connectivity index (χ1) is 36.2. The highest BCUT2D eigenvalue weighted by Crippen LogP contribution is 2.49. The Morgan fingerprint density at radius 2 is 0.987 bits per heavy atom. The summed E-state index contributed by atoms with van der Waals surface area (Å²) in [7, 11) is 2.42. The number of hydrogen-bond donors (Lipinski definition) is 1. The van der Waals surface area contributed by atoms with E-state index in [1.807, 2.05) is 6.07 Å². The van der Waals surface area contributed by atoms with Crippen molar-refractivity contribution in [1.82, 2.24) is 4.57 Å². The highest BCUT2D eigenvalue weighted by Gasteiger charge is 2.34. The van der Waals surface area contributed by atoms with Crippen LogP contribution in [0.1, 0.15) is 105 Å². The first kappa shape index (κ1) is 47.7. The largest absolute Gasteiger partial charge is 0.456 e. The van der Waals surface area contributed by atoms with Gasteiger partial charge in [-0.15, -0.1) is 0 Å². The van der Waals surface area contributed by atoms with Gasteiger partial charge in [-0.2, -0.15) is 0 Å². The Morgan fingerprint density at radius 1 is 0.447 bits per heavy atom. The lowest BCUT2D eigenvalue weighted by Crippen LogP contribution is -2.37. The van der Waals surface area contributed by atoms with E-state index in [2.05, 4.69) is 269 Å². The summed E-state index contributed by atoms with van der Waals surface area (Å²) < 4.78 is 16.5. The minimum Gasteiger partial charge on any atom is -0.456 e. The molecule has 9 aromatic carbocycles. The monoisotopic (exact) mass is 991 g/mol. The predicted octanol–water partition coefficient (Wildman–Crippen LogP) is 18.6. The average Bonchev–Trinajstić information content (AvgIpc) is 4.20. The second-order valence-electron chi connectivity index (χ2n) is 25.4. The van der Waals surface area contributed by atoms with Gasteiger partial charge in [0.1, 0.15) is 22.3 Å². The summed E-state index contributed by atoms with van der Waals surface area (Å²) in [5, 5.41) is 10.7. The van der Waals surface area contributed by atoms with Crippen molar-refractivity contribution in [3.8, 4) is 16.8 Å². The highest BCUT2D eigenvalue weighted by atomic mass is 16.3. The molecule has 5 nitrogen and oxygen atoms in total. The lowest BCUT2D eigenvalue weighted by molar-refractivity contribution is 0.590. The van der Waals surface area contributed by atoms with Crippen molar-refractivity contribution < 1.29 is 8.83 Å². The molecule has 0 aliphatic carbocycles. The second kappa shape index (κ2) is 16.8. The van der Waals surface area contributed by atoms with E-state index >= 15 is 0 Å². The van der Waals surface area contributed by atoms with Crippen molar-refractivity contribution in [1.29, 1.82) is 0 Å². The van der Waals surface area contributed by atoms with E-state index in [0.717, 1.165) is 111 Å². The van der Waals surface area contributed by atoms with E-state index in [-0.39, 0.29) is 21.7 Å². The molecule has 0 saturated heterocycles. The summed E-state index contributed by atoms with van der Waals surface area (Å²) in [5.74, 6) is 0. The van der Waals surface area contributed by atoms with E-state index in [1.165, 1.54) is 33.0 Å². The molecule has 0 spiro atoms. The van der Waals surface area contributed by atoms with Crippen molar-refractivity contribution in [2.24, 2.45) is 0 Å². The van der Waals surface area contributed by atoms with Crippen molar-refractivity contribution in [3.63, 3.8) is 0 Å². The van der Waals surface area contributed by atoms with E-state index in [0.29, 0.717) is 0 Å². The fourth-order valence-corrected chi connectivity index (χ4v) is 11.7. The number of anilines is 5. The van der Waals surface area contributed by atoms with Crippen LogP contribution in [0.15, 0.2) is 179 Å². The molecule has 0 fully saturated rings. The maximum Gasteiger partial charge on any atom is 0.198 e. The van der Waals surface area contributed by atoms with Crippen molar-refractivity contribution in [2.75, 3.05) is 10.2 Å². The van der Waals surface area contributed by atoms with Crippen LogP contribution in [-0.2, 0) is 21.7 Å². The van der Waals surface area contributed by atoms with Gasteiger partial charge in [-0.25, -0.2) is 0 Å². The summed E-state index contributed by atoms with van der Waals surface area (Å²) in [6, 6.07) is 62.8. The van der Waals surface area contributed by atoms with E-state index in [4.69, 9.17) is 8.83 Å². The molecule has 1 radical (unpaired) electrons. The van der Waals surface area contributed by atoms with Gasteiger partial charge >= 0.3 is 0 Å². The molecule has 12 aromatic rings. The van der Waals surface area contributed by atoms with Crippen molar-refractivity contribution in [3.05, 3.63) is 192 Å². The van der Waals surface area contributed by atoms with Crippen molar-refractivity contribution in [2.45, 2.75) is 105 Å². The number of para-hydroxylation sites is 2. The van der Waals surface area contributed by atoms with Crippen LogP contribution in [0.5, 0.6) is 0 Å². The molecule has 3 aromatic heterocycles. The summed E-state index contributed by atoms with van der Waals surface area (Å²) >= 11 is 0. The zero-order chi connectivity index (χ0) is 52.8. The molecular formula is C70H65BN3O2. The summed E-state index contributed by atoms with van der Waals surface area (Å²) in [6.07, 6.45) is 0. The molecule has 0 unspecified atom stereocenters. The maximum atomic E-state index is 7.32. The molecule has 1 N–H and O–H groups in total. The zero-order valence-electron chi connectivity index (χ0n) is 46.0. The zero-order valence-corrected chi connectivity index (χ0v) is 46.0. The van der Waals surface area contributed by atoms with Gasteiger partial charge in [0.15, 0.2) is 7.28 Å². The predicted molar refractivity (Wildman–Crippen MR) is 325 cm³/mol. The summed E-state index contributed by atoms with van der Waals surface area (Å²) in [6.45, 7) is 27.4. The number of furan rings is 2. The third-order valence-electron chi connectivity index (χ3n) is 16.0. The van der Waals surface area contributed by atoms with Crippen LogP contribution in [0.3, 0.4) is 0 Å². The number of aromatic nitrogens is 1. The third-order valence-corrected chi connectivity index (χ3v) is 16.0. The van der Waals surface area contributed by atoms with E-state index in [9.17, 15) is 0 Å². The fourth-order valence-electron chi connectivity index (χ4n) is 11.7. The Labute approximate surface area is 447 Å². The van der Waals surface area contributed by atoms with Gasteiger partial charge in [0.05, 0.1) is 11.2 Å². The quantitative estimate of drug-likeness (QED) is 0.169. The summed E-state index contributed by atoms with van der Waals surface area (Å²) in [5.41, 5.74) is 21.6. The van der Waals surface area contributed by atoms with Gasteiger partial charge in [0.25, 0.3) is 0 Å². The molecule has 0 saturated carbocycles. The molecule has 13 rings (SSSR count). The number of rotatable bonds is 6. The molecule has 0 bridgehead atoms. The van der Waals surface area contributed by atoms with Crippen LogP contribution in [0.25, 0.3) is 82.5 Å². The summed E-state index contributed by atoms with van der Waals surface area (Å²) in [4.78, 5) is 2.42. The third kappa shape index (κ3) is 7.74. The molecule has 4 heterocycles. The molecule has 1 aliphatic heterocycles. The lowest BCUT2D eigenvalue weighted by Gasteiger charge is -2.30. The Hall–Kier alpha value is -7.96. The van der Waals surface area contributed by atoms with Crippen LogP contribution in [0, 0.1) is 0 Å². The second-order valence-corrected chi connectivity index (χ2v) is 25.4.